The highest BCUT2D eigenvalue weighted by Gasteiger charge is 2.45. The molecule has 29 heavy (non-hydrogen) atoms. The number of nitrogens with zero attached hydrogens (tertiary/aromatic N) is 1. The van der Waals surface area contributed by atoms with Gasteiger partial charge in [-0.3, -0.25) is 9.59 Å². The van der Waals surface area contributed by atoms with Crippen molar-refractivity contribution in [3.63, 3.8) is 0 Å². The van der Waals surface area contributed by atoms with Crippen LogP contribution in [0.25, 0.3) is 5.76 Å². The molecule has 1 N–H and O–H groups in total. The summed E-state index contributed by atoms with van der Waals surface area (Å²) in [5.74, 6) is -1.35. The summed E-state index contributed by atoms with van der Waals surface area (Å²) in [6, 6.07) is 10.7. The van der Waals surface area contributed by atoms with Gasteiger partial charge in [0, 0.05) is 17.1 Å². The highest BCUT2D eigenvalue weighted by Crippen LogP contribution is 2.40. The second kappa shape index (κ2) is 8.72. The van der Waals surface area contributed by atoms with E-state index in [0.717, 1.165) is 0 Å². The molecule has 2 aromatic rings. The van der Waals surface area contributed by atoms with E-state index in [9.17, 15) is 14.7 Å². The van der Waals surface area contributed by atoms with Crippen molar-refractivity contribution in [2.45, 2.75) is 13.0 Å². The first-order chi connectivity index (χ1) is 13.9. The van der Waals surface area contributed by atoms with E-state index in [1.165, 1.54) is 17.0 Å². The standard InChI is InChI=1S/C22H19Cl2NO4/c1-3-10-25-19(13-6-5-7-15(23)11-13)18(21(27)22(25)28)20(26)14-8-9-17(29-4-2)16(24)12-14/h3,5-9,11-12,19,26H,1,4,10H2,2H3/b20-18+. The minimum absolute atomic E-state index is 0.0284. The lowest BCUT2D eigenvalue weighted by Crippen LogP contribution is -2.29. The van der Waals surface area contributed by atoms with Crippen molar-refractivity contribution in [3.8, 4) is 5.75 Å². The van der Waals surface area contributed by atoms with Gasteiger partial charge in [0.2, 0.25) is 0 Å². The summed E-state index contributed by atoms with van der Waals surface area (Å²) in [4.78, 5) is 26.8. The Balaban J connectivity index is 2.17. The number of halogens is 2. The molecular weight excluding hydrogens is 413 g/mol. The molecule has 1 amide bonds. The second-order valence-electron chi connectivity index (χ2n) is 6.37. The zero-order valence-corrected chi connectivity index (χ0v) is 17.2. The highest BCUT2D eigenvalue weighted by molar-refractivity contribution is 6.46. The molecule has 5 nitrogen and oxygen atoms in total. The predicted octanol–water partition coefficient (Wildman–Crippen LogP) is 5.00. The summed E-state index contributed by atoms with van der Waals surface area (Å²) >= 11 is 12.3. The molecular formula is C22H19Cl2NO4. The molecule has 1 aliphatic heterocycles. The van der Waals surface area contributed by atoms with Crippen molar-refractivity contribution in [1.29, 1.82) is 0 Å². The molecule has 0 radical (unpaired) electrons. The minimum Gasteiger partial charge on any atom is -0.507 e. The van der Waals surface area contributed by atoms with Crippen LogP contribution in [0.2, 0.25) is 10.0 Å². The van der Waals surface area contributed by atoms with Crippen molar-refractivity contribution in [3.05, 3.63) is 81.9 Å². The van der Waals surface area contributed by atoms with Crippen LogP contribution in [-0.2, 0) is 9.59 Å². The number of rotatable bonds is 6. The third-order valence-corrected chi connectivity index (χ3v) is 5.07. The first kappa shape index (κ1) is 21.0. The number of aliphatic hydroxyl groups is 1. The van der Waals surface area contributed by atoms with Crippen LogP contribution in [0.5, 0.6) is 5.75 Å². The number of Topliss-reactive ketones (excluding diaryl/α,β-unsaturated/α-hetero) is 1. The maximum absolute atomic E-state index is 12.8. The van der Waals surface area contributed by atoms with Gasteiger partial charge >= 0.3 is 0 Å². The number of hydrogen-bond donors (Lipinski definition) is 1. The highest BCUT2D eigenvalue weighted by atomic mass is 35.5. The van der Waals surface area contributed by atoms with Gasteiger partial charge in [0.05, 0.1) is 23.2 Å². The third-order valence-electron chi connectivity index (χ3n) is 4.54. The van der Waals surface area contributed by atoms with Crippen LogP contribution in [0.4, 0.5) is 0 Å². The van der Waals surface area contributed by atoms with Crippen LogP contribution in [0.15, 0.2) is 60.7 Å². The number of ketones is 1. The van der Waals surface area contributed by atoms with Crippen LogP contribution in [0.3, 0.4) is 0 Å². The first-order valence-electron chi connectivity index (χ1n) is 8.96. The number of hydrogen-bond acceptors (Lipinski definition) is 4. The molecule has 1 aliphatic rings. The summed E-state index contributed by atoms with van der Waals surface area (Å²) < 4.78 is 5.40. The lowest BCUT2D eigenvalue weighted by molar-refractivity contribution is -0.139. The van der Waals surface area contributed by atoms with Gasteiger partial charge in [-0.15, -0.1) is 6.58 Å². The Labute approximate surface area is 178 Å². The van der Waals surface area contributed by atoms with Gasteiger partial charge in [-0.05, 0) is 42.8 Å². The molecule has 0 spiro atoms. The van der Waals surface area contributed by atoms with Gasteiger partial charge in [0.25, 0.3) is 11.7 Å². The maximum atomic E-state index is 12.8. The zero-order valence-electron chi connectivity index (χ0n) is 15.7. The summed E-state index contributed by atoms with van der Waals surface area (Å²) in [7, 11) is 0. The van der Waals surface area contributed by atoms with Crippen molar-refractivity contribution >= 4 is 40.7 Å². The Kier molecular flexibility index (Phi) is 6.30. The Hall–Kier alpha value is -2.76. The molecule has 0 aromatic heterocycles. The van der Waals surface area contributed by atoms with Crippen molar-refractivity contribution < 1.29 is 19.4 Å². The van der Waals surface area contributed by atoms with E-state index in [2.05, 4.69) is 6.58 Å². The van der Waals surface area contributed by atoms with Gasteiger partial charge < -0.3 is 14.7 Å². The van der Waals surface area contributed by atoms with Gasteiger partial charge in [0.15, 0.2) is 0 Å². The topological polar surface area (TPSA) is 66.8 Å². The average molecular weight is 432 g/mol. The molecule has 0 bridgehead atoms. The van der Waals surface area contributed by atoms with E-state index in [0.29, 0.717) is 28.5 Å². The molecule has 3 rings (SSSR count). The lowest BCUT2D eigenvalue weighted by atomic mass is 9.95. The zero-order chi connectivity index (χ0) is 21.1. The maximum Gasteiger partial charge on any atom is 0.295 e. The van der Waals surface area contributed by atoms with Crippen molar-refractivity contribution in [1.82, 2.24) is 4.90 Å². The number of carbonyl (C=O) groups excluding carboxylic acids is 2. The Bertz CT molecular complexity index is 1020. The molecule has 1 saturated heterocycles. The van der Waals surface area contributed by atoms with Gasteiger partial charge in [-0.1, -0.05) is 41.4 Å². The summed E-state index contributed by atoms with van der Waals surface area (Å²) in [6.07, 6.45) is 1.52. The van der Waals surface area contributed by atoms with Crippen LogP contribution >= 0.6 is 23.2 Å². The average Bonchev–Trinajstić information content (AvgIpc) is 2.94. The van der Waals surface area contributed by atoms with Crippen LogP contribution in [0, 0.1) is 0 Å². The number of amides is 1. The largest absolute Gasteiger partial charge is 0.507 e. The normalized spacial score (nSPS) is 18.2. The van der Waals surface area contributed by atoms with E-state index >= 15 is 0 Å². The molecule has 1 heterocycles. The fourth-order valence-electron chi connectivity index (χ4n) is 3.31. The number of aliphatic hydroxyl groups excluding tert-OH is 1. The predicted molar refractivity (Wildman–Crippen MR) is 113 cm³/mol. The lowest BCUT2D eigenvalue weighted by Gasteiger charge is -2.24. The van der Waals surface area contributed by atoms with Crippen molar-refractivity contribution in [2.24, 2.45) is 0 Å². The molecule has 0 aliphatic carbocycles. The van der Waals surface area contributed by atoms with E-state index in [1.807, 2.05) is 6.92 Å². The Morgan fingerprint density at radius 1 is 1.24 bits per heavy atom. The number of ether oxygens (including phenoxy) is 1. The first-order valence-corrected chi connectivity index (χ1v) is 9.72. The SMILES string of the molecule is C=CCN1C(=O)C(=O)/C(=C(/O)c2ccc(OCC)c(Cl)c2)C1c1cccc(Cl)c1. The van der Waals surface area contributed by atoms with Crippen LogP contribution < -0.4 is 4.74 Å². The summed E-state index contributed by atoms with van der Waals surface area (Å²) in [5, 5.41) is 11.7. The molecule has 1 atom stereocenters. The number of benzene rings is 2. The van der Waals surface area contributed by atoms with Crippen molar-refractivity contribution in [2.75, 3.05) is 13.2 Å². The van der Waals surface area contributed by atoms with E-state index in [4.69, 9.17) is 27.9 Å². The Morgan fingerprint density at radius 3 is 2.62 bits per heavy atom. The van der Waals surface area contributed by atoms with Crippen LogP contribution in [0.1, 0.15) is 24.1 Å². The van der Waals surface area contributed by atoms with Crippen LogP contribution in [-0.4, -0.2) is 34.8 Å². The molecule has 1 fully saturated rings. The smallest absolute Gasteiger partial charge is 0.295 e. The molecule has 150 valence electrons. The van der Waals surface area contributed by atoms with E-state index in [-0.39, 0.29) is 22.9 Å². The molecule has 2 aromatic carbocycles. The fraction of sp³-hybridized carbons (Fsp3) is 0.182. The number of carbonyl (C=O) groups is 2. The second-order valence-corrected chi connectivity index (χ2v) is 7.22. The van der Waals surface area contributed by atoms with Gasteiger partial charge in [-0.2, -0.15) is 0 Å². The van der Waals surface area contributed by atoms with E-state index in [1.54, 1.807) is 36.4 Å². The Morgan fingerprint density at radius 2 is 2.00 bits per heavy atom. The van der Waals surface area contributed by atoms with Gasteiger partial charge in [0.1, 0.15) is 11.5 Å². The quantitative estimate of drug-likeness (QED) is 0.302. The van der Waals surface area contributed by atoms with Gasteiger partial charge in [-0.25, -0.2) is 0 Å². The molecule has 1 unspecified atom stereocenters. The minimum atomic E-state index is -0.794. The molecule has 0 saturated carbocycles. The number of likely N-dealkylation sites (tertiary alicyclic amines) is 1. The third kappa shape index (κ3) is 4.02. The monoisotopic (exact) mass is 431 g/mol. The fourth-order valence-corrected chi connectivity index (χ4v) is 3.74. The summed E-state index contributed by atoms with van der Waals surface area (Å²) in [6.45, 7) is 6.06. The summed E-state index contributed by atoms with van der Waals surface area (Å²) in [5.41, 5.74) is 0.888. The van der Waals surface area contributed by atoms with E-state index < -0.39 is 17.7 Å². The molecule has 7 heteroatoms.